The summed E-state index contributed by atoms with van der Waals surface area (Å²) in [7, 11) is 1.34. The quantitative estimate of drug-likeness (QED) is 0.470. The number of hydrogen-bond donors (Lipinski definition) is 0. The van der Waals surface area contributed by atoms with Crippen molar-refractivity contribution in [2.24, 2.45) is 5.92 Å². The number of nitro groups is 1. The Balaban J connectivity index is 2.22. The van der Waals surface area contributed by atoms with Crippen LogP contribution in [0, 0.1) is 21.8 Å². The highest BCUT2D eigenvalue weighted by Gasteiger charge is 2.29. The van der Waals surface area contributed by atoms with Crippen LogP contribution >= 0.6 is 15.9 Å². The molecule has 1 heterocycles. The Hall–Kier alpha value is -1.70. The molecule has 0 atom stereocenters. The van der Waals surface area contributed by atoms with E-state index in [9.17, 15) is 19.3 Å². The number of rotatable bonds is 3. The zero-order valence-electron chi connectivity index (χ0n) is 11.3. The molecule has 1 fully saturated rings. The summed E-state index contributed by atoms with van der Waals surface area (Å²) in [6.45, 7) is 0.892. The average molecular weight is 361 g/mol. The van der Waals surface area contributed by atoms with Crippen molar-refractivity contribution in [1.29, 1.82) is 0 Å². The van der Waals surface area contributed by atoms with Crippen LogP contribution in [0.1, 0.15) is 12.8 Å². The van der Waals surface area contributed by atoms with Crippen molar-refractivity contribution in [1.82, 2.24) is 0 Å². The Morgan fingerprint density at radius 2 is 2.10 bits per heavy atom. The number of esters is 1. The summed E-state index contributed by atoms with van der Waals surface area (Å²) in [5, 5.41) is 11.1. The molecule has 6 nitrogen and oxygen atoms in total. The molecule has 114 valence electrons. The Morgan fingerprint density at radius 3 is 2.62 bits per heavy atom. The van der Waals surface area contributed by atoms with Gasteiger partial charge in [-0.3, -0.25) is 14.9 Å². The summed E-state index contributed by atoms with van der Waals surface area (Å²) in [6.07, 6.45) is 1.06. The highest BCUT2D eigenvalue weighted by molar-refractivity contribution is 9.10. The number of anilines is 1. The Labute approximate surface area is 129 Å². The van der Waals surface area contributed by atoms with Crippen molar-refractivity contribution in [3.63, 3.8) is 0 Å². The van der Waals surface area contributed by atoms with Gasteiger partial charge in [0.25, 0.3) is 5.69 Å². The topological polar surface area (TPSA) is 72.7 Å². The molecule has 8 heteroatoms. The largest absolute Gasteiger partial charge is 0.469 e. The van der Waals surface area contributed by atoms with Gasteiger partial charge in [0.05, 0.1) is 22.4 Å². The Bertz CT molecular complexity index is 574. The van der Waals surface area contributed by atoms with Crippen LogP contribution in [-0.4, -0.2) is 31.1 Å². The fraction of sp³-hybridized carbons (Fsp3) is 0.462. The van der Waals surface area contributed by atoms with E-state index in [1.165, 1.54) is 7.11 Å². The third kappa shape index (κ3) is 3.31. The highest BCUT2D eigenvalue weighted by atomic mass is 79.9. The van der Waals surface area contributed by atoms with E-state index in [2.05, 4.69) is 15.9 Å². The first kappa shape index (κ1) is 15.7. The van der Waals surface area contributed by atoms with Crippen molar-refractivity contribution < 1.29 is 18.8 Å². The number of benzene rings is 1. The van der Waals surface area contributed by atoms with E-state index in [1.807, 2.05) is 0 Å². The van der Waals surface area contributed by atoms with E-state index >= 15 is 0 Å². The molecular formula is C13H14BrFN2O4. The number of carbonyl (C=O) groups excluding carboxylic acids is 1. The van der Waals surface area contributed by atoms with Gasteiger partial charge in [0.15, 0.2) is 0 Å². The number of methoxy groups -OCH3 is 1. The monoisotopic (exact) mass is 360 g/mol. The van der Waals surface area contributed by atoms with Gasteiger partial charge in [-0.15, -0.1) is 0 Å². The maximum Gasteiger partial charge on any atom is 0.308 e. The van der Waals surface area contributed by atoms with E-state index in [0.717, 1.165) is 12.1 Å². The van der Waals surface area contributed by atoms with Gasteiger partial charge in [0.1, 0.15) is 11.5 Å². The molecule has 0 bridgehead atoms. The molecule has 1 aliphatic rings. The van der Waals surface area contributed by atoms with Gasteiger partial charge in [-0.25, -0.2) is 4.39 Å². The summed E-state index contributed by atoms with van der Waals surface area (Å²) in [6, 6.07) is 2.32. The second-order valence-corrected chi connectivity index (χ2v) is 5.65. The SMILES string of the molecule is COC(=O)C1CCN(c2cc(F)c(Br)cc2[N+](=O)[O-])CC1. The van der Waals surface area contributed by atoms with Gasteiger partial charge in [0, 0.05) is 25.2 Å². The summed E-state index contributed by atoms with van der Waals surface area (Å²) >= 11 is 2.95. The first-order valence-corrected chi connectivity index (χ1v) is 7.19. The molecule has 1 saturated heterocycles. The predicted molar refractivity (Wildman–Crippen MR) is 77.7 cm³/mol. The van der Waals surface area contributed by atoms with Crippen LogP contribution in [0.4, 0.5) is 15.8 Å². The summed E-state index contributed by atoms with van der Waals surface area (Å²) in [5.41, 5.74) is 0.0869. The van der Waals surface area contributed by atoms with E-state index in [1.54, 1.807) is 4.90 Å². The molecule has 0 unspecified atom stereocenters. The Morgan fingerprint density at radius 1 is 1.48 bits per heavy atom. The predicted octanol–water partition coefficient (Wildman–Crippen LogP) is 2.89. The van der Waals surface area contributed by atoms with Crippen molar-refractivity contribution in [2.75, 3.05) is 25.1 Å². The van der Waals surface area contributed by atoms with Crippen LogP contribution in [0.3, 0.4) is 0 Å². The number of carbonyl (C=O) groups is 1. The average Bonchev–Trinajstić information content (AvgIpc) is 2.48. The maximum absolute atomic E-state index is 13.7. The Kier molecular flexibility index (Phi) is 4.76. The summed E-state index contributed by atoms with van der Waals surface area (Å²) in [4.78, 5) is 23.8. The number of piperidine rings is 1. The molecule has 0 amide bonds. The molecule has 0 aliphatic carbocycles. The zero-order valence-corrected chi connectivity index (χ0v) is 12.9. The van der Waals surface area contributed by atoms with Crippen LogP contribution in [0.2, 0.25) is 0 Å². The van der Waals surface area contributed by atoms with E-state index in [0.29, 0.717) is 25.9 Å². The third-order valence-electron chi connectivity index (χ3n) is 3.58. The fourth-order valence-corrected chi connectivity index (χ4v) is 2.78. The van der Waals surface area contributed by atoms with E-state index in [4.69, 9.17) is 4.74 Å². The lowest BCUT2D eigenvalue weighted by molar-refractivity contribution is -0.384. The van der Waals surface area contributed by atoms with Crippen LogP contribution < -0.4 is 4.90 Å². The molecule has 0 N–H and O–H groups in total. The molecule has 1 aromatic carbocycles. The van der Waals surface area contributed by atoms with Gasteiger partial charge in [-0.1, -0.05) is 0 Å². The van der Waals surface area contributed by atoms with Gasteiger partial charge >= 0.3 is 5.97 Å². The third-order valence-corrected chi connectivity index (χ3v) is 4.19. The first-order chi connectivity index (χ1) is 9.93. The summed E-state index contributed by atoms with van der Waals surface area (Å²) in [5.74, 6) is -1.03. The molecule has 1 aromatic rings. The van der Waals surface area contributed by atoms with Crippen molar-refractivity contribution >= 4 is 33.3 Å². The maximum atomic E-state index is 13.7. The molecule has 0 saturated carbocycles. The highest BCUT2D eigenvalue weighted by Crippen LogP contribution is 2.35. The second-order valence-electron chi connectivity index (χ2n) is 4.80. The smallest absolute Gasteiger partial charge is 0.308 e. The van der Waals surface area contributed by atoms with Gasteiger partial charge < -0.3 is 9.64 Å². The van der Waals surface area contributed by atoms with Crippen molar-refractivity contribution in [2.45, 2.75) is 12.8 Å². The fourth-order valence-electron chi connectivity index (χ4n) is 2.45. The van der Waals surface area contributed by atoms with Crippen molar-refractivity contribution in [3.8, 4) is 0 Å². The van der Waals surface area contributed by atoms with Crippen LogP contribution in [-0.2, 0) is 9.53 Å². The molecule has 1 aliphatic heterocycles. The van der Waals surface area contributed by atoms with E-state index < -0.39 is 10.7 Å². The minimum absolute atomic E-state index is 0.0578. The lowest BCUT2D eigenvalue weighted by Gasteiger charge is -2.32. The molecule has 0 radical (unpaired) electrons. The number of nitrogens with zero attached hydrogens (tertiary/aromatic N) is 2. The minimum Gasteiger partial charge on any atom is -0.469 e. The van der Waals surface area contributed by atoms with Gasteiger partial charge in [-0.2, -0.15) is 0 Å². The molecule has 2 rings (SSSR count). The van der Waals surface area contributed by atoms with Crippen LogP contribution in [0.5, 0.6) is 0 Å². The standard InChI is InChI=1S/C13H14BrFN2O4/c1-21-13(18)8-2-4-16(5-3-8)11-7-10(15)9(14)6-12(11)17(19)20/h6-8H,2-5H2,1H3. The molecule has 21 heavy (non-hydrogen) atoms. The molecular weight excluding hydrogens is 347 g/mol. The number of hydrogen-bond acceptors (Lipinski definition) is 5. The van der Waals surface area contributed by atoms with Crippen LogP contribution in [0.25, 0.3) is 0 Å². The summed E-state index contributed by atoms with van der Waals surface area (Å²) < 4.78 is 18.4. The normalized spacial score (nSPS) is 15.9. The van der Waals surface area contributed by atoms with E-state index in [-0.39, 0.29) is 27.7 Å². The van der Waals surface area contributed by atoms with Gasteiger partial charge in [0.2, 0.25) is 0 Å². The van der Waals surface area contributed by atoms with Crippen LogP contribution in [0.15, 0.2) is 16.6 Å². The number of halogens is 2. The zero-order chi connectivity index (χ0) is 15.6. The van der Waals surface area contributed by atoms with Crippen molar-refractivity contribution in [3.05, 3.63) is 32.5 Å². The van der Waals surface area contributed by atoms with Gasteiger partial charge in [-0.05, 0) is 28.8 Å². The molecule has 0 aromatic heterocycles. The lowest BCUT2D eigenvalue weighted by atomic mass is 9.96. The lowest BCUT2D eigenvalue weighted by Crippen LogP contribution is -2.37. The number of ether oxygens (including phenoxy) is 1. The number of nitro benzene ring substituents is 1. The minimum atomic E-state index is -0.550. The second kappa shape index (κ2) is 6.38. The molecule has 0 spiro atoms. The first-order valence-electron chi connectivity index (χ1n) is 6.40.